The first-order chi connectivity index (χ1) is 16.5. The molecule has 5 rings (SSSR count). The van der Waals surface area contributed by atoms with Gasteiger partial charge < -0.3 is 9.88 Å². The van der Waals surface area contributed by atoms with E-state index >= 15 is 0 Å². The van der Waals surface area contributed by atoms with Gasteiger partial charge in [-0.25, -0.2) is 4.98 Å². The summed E-state index contributed by atoms with van der Waals surface area (Å²) in [5.74, 6) is -0.451. The van der Waals surface area contributed by atoms with Crippen LogP contribution in [-0.4, -0.2) is 29.8 Å². The smallest absolute Gasteiger partial charge is 0.267 e. The van der Waals surface area contributed by atoms with E-state index in [0.717, 1.165) is 16.7 Å². The molecule has 0 radical (unpaired) electrons. The minimum absolute atomic E-state index is 0.0298. The number of nitrogens with one attached hydrogen (secondary N) is 2. The van der Waals surface area contributed by atoms with Crippen molar-refractivity contribution < 1.29 is 4.79 Å². The predicted molar refractivity (Wildman–Crippen MR) is 126 cm³/mol. The highest BCUT2D eigenvalue weighted by Gasteiger charge is 2.18. The highest BCUT2D eigenvalue weighted by atomic mass is 16.1. The van der Waals surface area contributed by atoms with Crippen molar-refractivity contribution in [2.75, 3.05) is 0 Å². The van der Waals surface area contributed by atoms with Crippen LogP contribution in [0.4, 0.5) is 0 Å². The second kappa shape index (κ2) is 8.70. The normalized spacial score (nSPS) is 11.1. The molecule has 0 aliphatic heterocycles. The van der Waals surface area contributed by atoms with Gasteiger partial charge in [-0.15, -0.1) is 0 Å². The predicted octanol–water partition coefficient (Wildman–Crippen LogP) is 2.21. The summed E-state index contributed by atoms with van der Waals surface area (Å²) in [7, 11) is 0. The van der Waals surface area contributed by atoms with Crippen LogP contribution in [0.2, 0.25) is 0 Å². The molecule has 5 heterocycles. The van der Waals surface area contributed by atoms with Gasteiger partial charge in [-0.05, 0) is 53.9 Å². The Labute approximate surface area is 193 Å². The van der Waals surface area contributed by atoms with Crippen molar-refractivity contribution in [3.05, 3.63) is 112 Å². The average Bonchev–Trinajstić information content (AvgIpc) is 2.86. The quantitative estimate of drug-likeness (QED) is 0.397. The summed E-state index contributed by atoms with van der Waals surface area (Å²) in [6.45, 7) is 2.39. The van der Waals surface area contributed by atoms with Crippen LogP contribution in [-0.2, 0) is 13.1 Å². The summed E-state index contributed by atoms with van der Waals surface area (Å²) in [5.41, 5.74) is 3.16. The molecule has 0 spiro atoms. The number of fused-ring (bicyclic) bond motifs is 2. The summed E-state index contributed by atoms with van der Waals surface area (Å²) >= 11 is 0. The zero-order valence-corrected chi connectivity index (χ0v) is 18.4. The lowest BCUT2D eigenvalue weighted by molar-refractivity contribution is 0.0948. The van der Waals surface area contributed by atoms with Crippen LogP contribution in [0.3, 0.4) is 0 Å². The Kier molecular flexibility index (Phi) is 5.43. The zero-order valence-electron chi connectivity index (χ0n) is 18.4. The fourth-order valence-electron chi connectivity index (χ4n) is 3.87. The first-order valence-corrected chi connectivity index (χ1v) is 10.7. The molecular weight excluding hydrogens is 430 g/mol. The molecule has 2 N–H and O–H groups in total. The summed E-state index contributed by atoms with van der Waals surface area (Å²) < 4.78 is 3.06. The van der Waals surface area contributed by atoms with Crippen LogP contribution in [0.5, 0.6) is 0 Å². The van der Waals surface area contributed by atoms with E-state index in [0.29, 0.717) is 11.3 Å². The van der Waals surface area contributed by atoms with E-state index in [1.165, 1.54) is 10.5 Å². The van der Waals surface area contributed by atoms with Gasteiger partial charge in [0.25, 0.3) is 11.5 Å². The average molecular weight is 451 g/mol. The van der Waals surface area contributed by atoms with Crippen LogP contribution in [0, 0.1) is 12.3 Å². The monoisotopic (exact) mass is 451 g/mol. The number of aromatic nitrogens is 5. The molecule has 0 aliphatic carbocycles. The number of carbonyl (C=O) groups is 1. The molecule has 0 unspecified atom stereocenters. The molecule has 0 atom stereocenters. The van der Waals surface area contributed by atoms with Crippen LogP contribution >= 0.6 is 0 Å². The summed E-state index contributed by atoms with van der Waals surface area (Å²) in [6.07, 6.45) is 8.30. The van der Waals surface area contributed by atoms with Gasteiger partial charge in [0.05, 0.1) is 17.5 Å². The lowest BCUT2D eigenvalue weighted by Crippen LogP contribution is -2.35. The lowest BCUT2D eigenvalue weighted by atomic mass is 10.1. The molecule has 9 heteroatoms. The molecule has 0 aliphatic rings. The summed E-state index contributed by atoms with van der Waals surface area (Å²) in [4.78, 5) is 39.4. The van der Waals surface area contributed by atoms with Crippen molar-refractivity contribution in [2.45, 2.75) is 20.0 Å². The van der Waals surface area contributed by atoms with Gasteiger partial charge in [-0.1, -0.05) is 12.1 Å². The second-order valence-corrected chi connectivity index (χ2v) is 7.93. The van der Waals surface area contributed by atoms with Gasteiger partial charge in [0.1, 0.15) is 16.8 Å². The number of nitrogens with zero attached hydrogens (tertiary/aromatic N) is 5. The van der Waals surface area contributed by atoms with Crippen LogP contribution in [0.25, 0.3) is 16.7 Å². The number of hydrogen-bond acceptors (Lipinski definition) is 6. The summed E-state index contributed by atoms with van der Waals surface area (Å²) in [5, 5.41) is 11.9. The molecular formula is C25H21N7O2. The van der Waals surface area contributed by atoms with E-state index in [9.17, 15) is 9.59 Å². The number of pyridine rings is 4. The van der Waals surface area contributed by atoms with Gasteiger partial charge in [0.15, 0.2) is 0 Å². The van der Waals surface area contributed by atoms with E-state index in [-0.39, 0.29) is 35.1 Å². The number of rotatable bonds is 5. The minimum Gasteiger partial charge on any atom is -0.348 e. The third kappa shape index (κ3) is 3.83. The molecule has 34 heavy (non-hydrogen) atoms. The van der Waals surface area contributed by atoms with Gasteiger partial charge in [-0.2, -0.15) is 0 Å². The molecule has 168 valence electrons. The topological polar surface area (TPSA) is 118 Å². The molecule has 9 nitrogen and oxygen atoms in total. The molecule has 0 aromatic carbocycles. The largest absolute Gasteiger partial charge is 0.348 e. The van der Waals surface area contributed by atoms with Gasteiger partial charge >= 0.3 is 0 Å². The van der Waals surface area contributed by atoms with Crippen LogP contribution in [0.15, 0.2) is 78.2 Å². The van der Waals surface area contributed by atoms with E-state index in [1.807, 2.05) is 31.2 Å². The number of hydrogen-bond donors (Lipinski definition) is 2. The highest BCUT2D eigenvalue weighted by Crippen LogP contribution is 2.14. The Bertz CT molecular complexity index is 1640. The minimum atomic E-state index is -0.451. The van der Waals surface area contributed by atoms with Crippen molar-refractivity contribution in [1.82, 2.24) is 29.2 Å². The molecule has 0 saturated carbocycles. The Morgan fingerprint density at radius 1 is 1.03 bits per heavy atom. The Morgan fingerprint density at radius 2 is 1.85 bits per heavy atom. The van der Waals surface area contributed by atoms with Gasteiger partial charge in [-0.3, -0.25) is 29.4 Å². The van der Waals surface area contributed by atoms with Gasteiger partial charge in [0, 0.05) is 37.5 Å². The fraction of sp³-hybridized carbons (Fsp3) is 0.120. The molecule has 5 aromatic heterocycles. The molecule has 1 amide bonds. The van der Waals surface area contributed by atoms with Crippen molar-refractivity contribution in [2.24, 2.45) is 0 Å². The number of amides is 1. The Morgan fingerprint density at radius 3 is 2.62 bits per heavy atom. The number of carbonyl (C=O) groups excluding carboxylic acids is 1. The summed E-state index contributed by atoms with van der Waals surface area (Å²) in [6, 6.07) is 12.4. The Balaban J connectivity index is 1.70. The molecule has 0 bridgehead atoms. The second-order valence-electron chi connectivity index (χ2n) is 7.93. The molecule has 5 aromatic rings. The van der Waals surface area contributed by atoms with E-state index < -0.39 is 5.91 Å². The molecule has 0 fully saturated rings. The van der Waals surface area contributed by atoms with Crippen LogP contribution in [0.1, 0.15) is 27.0 Å². The van der Waals surface area contributed by atoms with E-state index in [2.05, 4.69) is 15.3 Å². The maximum atomic E-state index is 13.4. The Hall–Kier alpha value is -4.66. The standard InChI is InChI=1S/C25H21N7O2/c1-16-4-3-11-31-22(16)30-23-20(25(31)34)12-19(24(33)29-14-18-5-2-8-28-13-18)21(26)32(23)15-17-6-9-27-10-7-17/h2-13,26H,14-15H2,1H3,(H,29,33). The SMILES string of the molecule is Cc1cccn2c(=O)c3cc(C(=O)NCc4cccnc4)c(=N)n(Cc4ccncc4)c3nc12. The lowest BCUT2D eigenvalue weighted by Gasteiger charge is -2.15. The van der Waals surface area contributed by atoms with Gasteiger partial charge in [0.2, 0.25) is 0 Å². The first-order valence-electron chi connectivity index (χ1n) is 10.7. The van der Waals surface area contributed by atoms with Crippen molar-refractivity contribution in [3.8, 4) is 0 Å². The maximum Gasteiger partial charge on any atom is 0.267 e. The fourth-order valence-corrected chi connectivity index (χ4v) is 3.87. The maximum absolute atomic E-state index is 13.4. The van der Waals surface area contributed by atoms with Crippen molar-refractivity contribution >= 4 is 22.6 Å². The first kappa shape index (κ1) is 21.2. The third-order valence-electron chi connectivity index (χ3n) is 5.64. The van der Waals surface area contributed by atoms with E-state index in [1.54, 1.807) is 47.7 Å². The van der Waals surface area contributed by atoms with E-state index in [4.69, 9.17) is 10.4 Å². The van der Waals surface area contributed by atoms with Crippen molar-refractivity contribution in [3.63, 3.8) is 0 Å². The third-order valence-corrected chi connectivity index (χ3v) is 5.64. The van der Waals surface area contributed by atoms with Crippen molar-refractivity contribution in [1.29, 1.82) is 5.41 Å². The molecule has 0 saturated heterocycles. The highest BCUT2D eigenvalue weighted by molar-refractivity contribution is 5.96. The number of aryl methyl sites for hydroxylation is 1. The van der Waals surface area contributed by atoms with Crippen LogP contribution < -0.4 is 16.4 Å². The zero-order chi connectivity index (χ0) is 23.7.